The van der Waals surface area contributed by atoms with Crippen molar-refractivity contribution < 1.29 is 14.3 Å². The third-order valence-corrected chi connectivity index (χ3v) is 3.35. The summed E-state index contributed by atoms with van der Waals surface area (Å²) < 4.78 is 10.4. The van der Waals surface area contributed by atoms with Crippen molar-refractivity contribution in [2.24, 2.45) is 0 Å². The van der Waals surface area contributed by atoms with E-state index in [0.29, 0.717) is 30.9 Å². The molecule has 1 heterocycles. The van der Waals surface area contributed by atoms with E-state index in [9.17, 15) is 4.79 Å². The van der Waals surface area contributed by atoms with Crippen molar-refractivity contribution in [1.82, 2.24) is 9.88 Å². The minimum atomic E-state index is -0.196. The number of methoxy groups -OCH3 is 1. The lowest BCUT2D eigenvalue weighted by Gasteiger charge is -2.19. The van der Waals surface area contributed by atoms with E-state index in [0.717, 1.165) is 5.56 Å². The highest BCUT2D eigenvalue weighted by molar-refractivity contribution is 5.96. The second-order valence-corrected chi connectivity index (χ2v) is 5.17. The molecule has 0 bridgehead atoms. The van der Waals surface area contributed by atoms with Gasteiger partial charge in [0.25, 0.3) is 5.91 Å². The number of amides is 1. The van der Waals surface area contributed by atoms with Gasteiger partial charge in [-0.1, -0.05) is 12.1 Å². The van der Waals surface area contributed by atoms with E-state index in [4.69, 9.17) is 14.7 Å². The fraction of sp³-hybridized carbons (Fsp3) is 0.278. The summed E-state index contributed by atoms with van der Waals surface area (Å²) in [6.45, 7) is 1.13. The standard InChI is InChI=1S/C18H19N3O3/c1-21(13-15-6-3-5-14(11-15)12-19)18(22)16-7-4-8-20-17(16)24-10-9-23-2/h3-8,11H,9-10,13H2,1-2H3. The van der Waals surface area contributed by atoms with Gasteiger partial charge in [0.15, 0.2) is 0 Å². The predicted octanol–water partition coefficient (Wildman–Crippen LogP) is 2.25. The van der Waals surface area contributed by atoms with Crippen molar-refractivity contribution in [2.45, 2.75) is 6.54 Å². The average molecular weight is 325 g/mol. The highest BCUT2D eigenvalue weighted by Crippen LogP contribution is 2.17. The van der Waals surface area contributed by atoms with Crippen molar-refractivity contribution in [3.05, 3.63) is 59.3 Å². The summed E-state index contributed by atoms with van der Waals surface area (Å²) in [5.41, 5.74) is 1.85. The van der Waals surface area contributed by atoms with Gasteiger partial charge in [0.2, 0.25) is 5.88 Å². The first-order valence-electron chi connectivity index (χ1n) is 7.47. The minimum absolute atomic E-state index is 0.196. The quantitative estimate of drug-likeness (QED) is 0.730. The van der Waals surface area contributed by atoms with Crippen LogP contribution in [0.25, 0.3) is 0 Å². The van der Waals surface area contributed by atoms with Gasteiger partial charge in [-0.05, 0) is 29.8 Å². The van der Waals surface area contributed by atoms with Gasteiger partial charge in [-0.25, -0.2) is 4.98 Å². The number of hydrogen-bond acceptors (Lipinski definition) is 5. The molecule has 0 atom stereocenters. The van der Waals surface area contributed by atoms with E-state index in [1.165, 1.54) is 0 Å². The van der Waals surface area contributed by atoms with Crippen molar-refractivity contribution >= 4 is 5.91 Å². The topological polar surface area (TPSA) is 75.5 Å². The van der Waals surface area contributed by atoms with Gasteiger partial charge in [0.1, 0.15) is 12.2 Å². The van der Waals surface area contributed by atoms with Crippen LogP contribution in [0, 0.1) is 11.3 Å². The number of hydrogen-bond donors (Lipinski definition) is 0. The molecular weight excluding hydrogens is 306 g/mol. The molecule has 0 saturated carbocycles. The Bertz CT molecular complexity index is 740. The zero-order valence-corrected chi connectivity index (χ0v) is 13.7. The van der Waals surface area contributed by atoms with E-state index in [1.54, 1.807) is 55.6 Å². The van der Waals surface area contributed by atoms with Crippen molar-refractivity contribution in [2.75, 3.05) is 27.4 Å². The molecule has 2 rings (SSSR count). The molecule has 6 heteroatoms. The highest BCUT2D eigenvalue weighted by Gasteiger charge is 2.18. The third-order valence-electron chi connectivity index (χ3n) is 3.35. The molecule has 0 saturated heterocycles. The van der Waals surface area contributed by atoms with Crippen LogP contribution >= 0.6 is 0 Å². The van der Waals surface area contributed by atoms with Gasteiger partial charge in [-0.2, -0.15) is 5.26 Å². The third kappa shape index (κ3) is 4.54. The van der Waals surface area contributed by atoms with Gasteiger partial charge in [0.05, 0.1) is 18.2 Å². The van der Waals surface area contributed by atoms with Gasteiger partial charge < -0.3 is 14.4 Å². The van der Waals surface area contributed by atoms with Crippen molar-refractivity contribution in [3.8, 4) is 11.9 Å². The van der Waals surface area contributed by atoms with Crippen LogP contribution < -0.4 is 4.74 Å². The van der Waals surface area contributed by atoms with Crippen LogP contribution in [-0.4, -0.2) is 43.2 Å². The number of carbonyl (C=O) groups excluding carboxylic acids is 1. The van der Waals surface area contributed by atoms with Gasteiger partial charge in [0, 0.05) is 26.9 Å². The van der Waals surface area contributed by atoms with Crippen LogP contribution in [-0.2, 0) is 11.3 Å². The number of pyridine rings is 1. The molecule has 0 fully saturated rings. The van der Waals surface area contributed by atoms with Gasteiger partial charge >= 0.3 is 0 Å². The maximum Gasteiger partial charge on any atom is 0.259 e. The predicted molar refractivity (Wildman–Crippen MR) is 88.6 cm³/mol. The number of nitriles is 1. The molecule has 1 amide bonds. The minimum Gasteiger partial charge on any atom is -0.475 e. The zero-order valence-electron chi connectivity index (χ0n) is 13.7. The molecule has 0 radical (unpaired) electrons. The van der Waals surface area contributed by atoms with Crippen LogP contribution in [0.4, 0.5) is 0 Å². The Morgan fingerprint density at radius 3 is 2.88 bits per heavy atom. The smallest absolute Gasteiger partial charge is 0.259 e. The maximum atomic E-state index is 12.7. The van der Waals surface area contributed by atoms with E-state index in [2.05, 4.69) is 11.1 Å². The summed E-state index contributed by atoms with van der Waals surface area (Å²) in [5, 5.41) is 8.96. The van der Waals surface area contributed by atoms with Crippen molar-refractivity contribution in [1.29, 1.82) is 5.26 Å². The Hall–Kier alpha value is -2.91. The van der Waals surface area contributed by atoms with Crippen LogP contribution in [0.1, 0.15) is 21.5 Å². The van der Waals surface area contributed by atoms with Gasteiger partial charge in [-0.3, -0.25) is 4.79 Å². The Kier molecular flexibility index (Phi) is 6.29. The first kappa shape index (κ1) is 17.4. The Morgan fingerprint density at radius 1 is 1.29 bits per heavy atom. The summed E-state index contributed by atoms with van der Waals surface area (Å²) in [4.78, 5) is 18.4. The van der Waals surface area contributed by atoms with E-state index in [1.807, 2.05) is 6.07 Å². The molecule has 1 aromatic heterocycles. The molecule has 0 aliphatic carbocycles. The summed E-state index contributed by atoms with van der Waals surface area (Å²) in [6, 6.07) is 12.6. The number of ether oxygens (including phenoxy) is 2. The molecule has 6 nitrogen and oxygen atoms in total. The lowest BCUT2D eigenvalue weighted by molar-refractivity contribution is 0.0776. The zero-order chi connectivity index (χ0) is 17.4. The second-order valence-electron chi connectivity index (χ2n) is 5.17. The van der Waals surface area contributed by atoms with Crippen LogP contribution in [0.15, 0.2) is 42.6 Å². The summed E-state index contributed by atoms with van der Waals surface area (Å²) >= 11 is 0. The Balaban J connectivity index is 2.11. The first-order valence-corrected chi connectivity index (χ1v) is 7.47. The Morgan fingerprint density at radius 2 is 2.12 bits per heavy atom. The summed E-state index contributed by atoms with van der Waals surface area (Å²) in [7, 11) is 3.28. The monoisotopic (exact) mass is 325 g/mol. The largest absolute Gasteiger partial charge is 0.475 e. The highest BCUT2D eigenvalue weighted by atomic mass is 16.5. The Labute approximate surface area is 141 Å². The normalized spacial score (nSPS) is 10.0. The molecule has 0 N–H and O–H groups in total. The molecule has 2 aromatic rings. The summed E-state index contributed by atoms with van der Waals surface area (Å²) in [6.07, 6.45) is 1.58. The lowest BCUT2D eigenvalue weighted by atomic mass is 10.1. The molecular formula is C18H19N3O3. The molecule has 0 aliphatic heterocycles. The lowest BCUT2D eigenvalue weighted by Crippen LogP contribution is -2.27. The number of carbonyl (C=O) groups is 1. The fourth-order valence-electron chi connectivity index (χ4n) is 2.18. The number of rotatable bonds is 7. The maximum absolute atomic E-state index is 12.7. The average Bonchev–Trinajstić information content (AvgIpc) is 2.62. The van der Waals surface area contributed by atoms with Crippen molar-refractivity contribution in [3.63, 3.8) is 0 Å². The van der Waals surface area contributed by atoms with Crippen LogP contribution in [0.2, 0.25) is 0 Å². The molecule has 0 unspecified atom stereocenters. The van der Waals surface area contributed by atoms with Crippen LogP contribution in [0.5, 0.6) is 5.88 Å². The van der Waals surface area contributed by atoms with Crippen LogP contribution in [0.3, 0.4) is 0 Å². The number of aromatic nitrogens is 1. The van der Waals surface area contributed by atoms with E-state index >= 15 is 0 Å². The summed E-state index contributed by atoms with van der Waals surface area (Å²) in [5.74, 6) is 0.0926. The fourth-order valence-corrected chi connectivity index (χ4v) is 2.18. The molecule has 0 aliphatic rings. The molecule has 124 valence electrons. The molecule has 1 aromatic carbocycles. The first-order chi connectivity index (χ1) is 11.7. The van der Waals surface area contributed by atoms with E-state index in [-0.39, 0.29) is 11.8 Å². The second kappa shape index (κ2) is 8.65. The number of benzene rings is 1. The van der Waals surface area contributed by atoms with Gasteiger partial charge in [-0.15, -0.1) is 0 Å². The number of nitrogens with zero attached hydrogens (tertiary/aromatic N) is 3. The SMILES string of the molecule is COCCOc1ncccc1C(=O)N(C)Cc1cccc(C#N)c1. The molecule has 24 heavy (non-hydrogen) atoms. The van der Waals surface area contributed by atoms with E-state index < -0.39 is 0 Å². The molecule has 0 spiro atoms.